The molecule has 1 aromatic carbocycles. The molecule has 0 bridgehead atoms. The standard InChI is InChI=1S/C20H27N3O2/c1-13(2)25-16-10-8-15(9-11-16)19(24)12-21-20-17-6-4-5-7-18(17)22-14(3)23-20/h8-11,13,19,24H,4-7,12H2,1-3H3,(H,21,22,23). The van der Waals surface area contributed by atoms with E-state index in [4.69, 9.17) is 4.74 Å². The fourth-order valence-electron chi connectivity index (χ4n) is 3.22. The van der Waals surface area contributed by atoms with E-state index in [0.29, 0.717) is 6.54 Å². The van der Waals surface area contributed by atoms with Crippen LogP contribution in [0, 0.1) is 6.92 Å². The summed E-state index contributed by atoms with van der Waals surface area (Å²) in [6.45, 7) is 6.34. The monoisotopic (exact) mass is 341 g/mol. The summed E-state index contributed by atoms with van der Waals surface area (Å²) in [6.07, 6.45) is 3.94. The lowest BCUT2D eigenvalue weighted by molar-refractivity contribution is 0.191. The minimum absolute atomic E-state index is 0.143. The second-order valence-corrected chi connectivity index (χ2v) is 6.88. The molecule has 2 aromatic rings. The van der Waals surface area contributed by atoms with Crippen molar-refractivity contribution in [3.05, 3.63) is 46.9 Å². The molecule has 5 nitrogen and oxygen atoms in total. The number of hydrogen-bond acceptors (Lipinski definition) is 5. The molecule has 0 saturated carbocycles. The van der Waals surface area contributed by atoms with Crippen molar-refractivity contribution in [3.63, 3.8) is 0 Å². The number of aliphatic hydroxyl groups excluding tert-OH is 1. The van der Waals surface area contributed by atoms with Crippen molar-refractivity contribution >= 4 is 5.82 Å². The summed E-state index contributed by atoms with van der Waals surface area (Å²) in [7, 11) is 0. The van der Waals surface area contributed by atoms with Crippen molar-refractivity contribution in [2.24, 2.45) is 0 Å². The Morgan fingerprint density at radius 1 is 1.12 bits per heavy atom. The predicted molar refractivity (Wildman–Crippen MR) is 99.1 cm³/mol. The largest absolute Gasteiger partial charge is 0.491 e. The van der Waals surface area contributed by atoms with Crippen LogP contribution in [0.15, 0.2) is 24.3 Å². The van der Waals surface area contributed by atoms with E-state index in [1.165, 1.54) is 18.4 Å². The van der Waals surface area contributed by atoms with Crippen molar-refractivity contribution in [3.8, 4) is 5.75 Å². The molecule has 0 saturated heterocycles. The van der Waals surface area contributed by atoms with Gasteiger partial charge >= 0.3 is 0 Å². The molecule has 1 atom stereocenters. The summed E-state index contributed by atoms with van der Waals surface area (Å²) in [6, 6.07) is 7.61. The van der Waals surface area contributed by atoms with Crippen LogP contribution in [-0.2, 0) is 12.8 Å². The molecule has 134 valence electrons. The molecular weight excluding hydrogens is 314 g/mol. The molecule has 0 amide bonds. The van der Waals surface area contributed by atoms with Gasteiger partial charge in [-0.1, -0.05) is 12.1 Å². The minimum Gasteiger partial charge on any atom is -0.491 e. The van der Waals surface area contributed by atoms with Gasteiger partial charge in [0.05, 0.1) is 12.2 Å². The first-order valence-corrected chi connectivity index (χ1v) is 9.08. The van der Waals surface area contributed by atoms with Crippen molar-refractivity contribution in [1.82, 2.24) is 9.97 Å². The maximum absolute atomic E-state index is 10.5. The van der Waals surface area contributed by atoms with Gasteiger partial charge < -0.3 is 15.2 Å². The third-order valence-corrected chi connectivity index (χ3v) is 4.39. The summed E-state index contributed by atoms with van der Waals surface area (Å²) >= 11 is 0. The van der Waals surface area contributed by atoms with E-state index in [9.17, 15) is 5.11 Å². The van der Waals surface area contributed by atoms with Gasteiger partial charge in [-0.25, -0.2) is 9.97 Å². The van der Waals surface area contributed by atoms with Crippen LogP contribution < -0.4 is 10.1 Å². The molecular formula is C20H27N3O2. The Morgan fingerprint density at radius 3 is 2.56 bits per heavy atom. The molecule has 0 radical (unpaired) electrons. The third-order valence-electron chi connectivity index (χ3n) is 4.39. The molecule has 1 aliphatic carbocycles. The Balaban J connectivity index is 1.66. The van der Waals surface area contributed by atoms with Crippen molar-refractivity contribution < 1.29 is 9.84 Å². The highest BCUT2D eigenvalue weighted by Crippen LogP contribution is 2.26. The SMILES string of the molecule is Cc1nc2c(c(NCC(O)c3ccc(OC(C)C)cc3)n1)CCCC2. The third kappa shape index (κ3) is 4.48. The zero-order valence-electron chi connectivity index (χ0n) is 15.2. The number of nitrogens with one attached hydrogen (secondary N) is 1. The first-order chi connectivity index (χ1) is 12.0. The number of aliphatic hydroxyl groups is 1. The Hall–Kier alpha value is -2.14. The number of aromatic nitrogens is 2. The number of hydrogen-bond donors (Lipinski definition) is 2. The Labute approximate surface area is 149 Å². The minimum atomic E-state index is -0.595. The van der Waals surface area contributed by atoms with Gasteiger partial charge in [-0.2, -0.15) is 0 Å². The number of benzene rings is 1. The maximum atomic E-state index is 10.5. The Bertz CT molecular complexity index is 714. The van der Waals surface area contributed by atoms with E-state index in [1.807, 2.05) is 45.0 Å². The van der Waals surface area contributed by atoms with Gasteiger partial charge in [-0.3, -0.25) is 0 Å². The normalized spacial score (nSPS) is 14.9. The number of anilines is 1. The number of nitrogens with zero attached hydrogens (tertiary/aromatic N) is 2. The second-order valence-electron chi connectivity index (χ2n) is 6.88. The van der Waals surface area contributed by atoms with Crippen molar-refractivity contribution in [1.29, 1.82) is 0 Å². The van der Waals surface area contributed by atoms with Crippen LogP contribution >= 0.6 is 0 Å². The lowest BCUT2D eigenvalue weighted by Gasteiger charge is -2.20. The van der Waals surface area contributed by atoms with Crippen molar-refractivity contribution in [2.45, 2.75) is 58.7 Å². The van der Waals surface area contributed by atoms with Gasteiger partial charge in [0, 0.05) is 17.8 Å². The molecule has 3 rings (SSSR count). The van der Waals surface area contributed by atoms with E-state index in [1.54, 1.807) is 0 Å². The van der Waals surface area contributed by atoms with Crippen LogP contribution in [0.1, 0.15) is 55.4 Å². The Kier molecular flexibility index (Phi) is 5.53. The molecule has 1 aliphatic rings. The maximum Gasteiger partial charge on any atom is 0.133 e. The molecule has 0 spiro atoms. The van der Waals surface area contributed by atoms with E-state index in [0.717, 1.165) is 41.5 Å². The first-order valence-electron chi connectivity index (χ1n) is 9.08. The first kappa shape index (κ1) is 17.7. The van der Waals surface area contributed by atoms with E-state index in [-0.39, 0.29) is 6.10 Å². The van der Waals surface area contributed by atoms with Gasteiger partial charge in [0.25, 0.3) is 0 Å². The molecule has 0 aliphatic heterocycles. The number of rotatable bonds is 6. The van der Waals surface area contributed by atoms with Crippen LogP contribution in [0.5, 0.6) is 5.75 Å². The molecule has 0 fully saturated rings. The van der Waals surface area contributed by atoms with Crippen molar-refractivity contribution in [2.75, 3.05) is 11.9 Å². The number of aryl methyl sites for hydroxylation is 2. The zero-order valence-corrected chi connectivity index (χ0v) is 15.2. The molecule has 1 aromatic heterocycles. The molecule has 25 heavy (non-hydrogen) atoms. The zero-order chi connectivity index (χ0) is 17.8. The van der Waals surface area contributed by atoms with E-state index in [2.05, 4.69) is 15.3 Å². The van der Waals surface area contributed by atoms with Crippen LogP contribution in [0.4, 0.5) is 5.82 Å². The van der Waals surface area contributed by atoms with Gasteiger partial charge in [0.1, 0.15) is 17.4 Å². The predicted octanol–water partition coefficient (Wildman–Crippen LogP) is 3.60. The van der Waals surface area contributed by atoms with Gasteiger partial charge in [0.2, 0.25) is 0 Å². The average molecular weight is 341 g/mol. The lowest BCUT2D eigenvalue weighted by atomic mass is 9.96. The fourth-order valence-corrected chi connectivity index (χ4v) is 3.22. The summed E-state index contributed by atoms with van der Waals surface area (Å²) in [5.74, 6) is 2.48. The topological polar surface area (TPSA) is 67.3 Å². The van der Waals surface area contributed by atoms with Crippen LogP contribution in [0.25, 0.3) is 0 Å². The van der Waals surface area contributed by atoms with E-state index >= 15 is 0 Å². The Morgan fingerprint density at radius 2 is 1.84 bits per heavy atom. The highest BCUT2D eigenvalue weighted by Gasteiger charge is 2.17. The van der Waals surface area contributed by atoms with E-state index < -0.39 is 6.10 Å². The number of ether oxygens (including phenoxy) is 1. The highest BCUT2D eigenvalue weighted by atomic mass is 16.5. The molecule has 1 heterocycles. The second kappa shape index (κ2) is 7.83. The van der Waals surface area contributed by atoms with Gasteiger partial charge in [-0.15, -0.1) is 0 Å². The van der Waals surface area contributed by atoms with Crippen LogP contribution in [0.3, 0.4) is 0 Å². The summed E-state index contributed by atoms with van der Waals surface area (Å²) in [5, 5.41) is 13.8. The molecule has 5 heteroatoms. The van der Waals surface area contributed by atoms with Gasteiger partial charge in [-0.05, 0) is 64.2 Å². The smallest absolute Gasteiger partial charge is 0.133 e. The molecule has 2 N–H and O–H groups in total. The van der Waals surface area contributed by atoms with Crippen LogP contribution in [0.2, 0.25) is 0 Å². The lowest BCUT2D eigenvalue weighted by Crippen LogP contribution is -2.18. The quantitative estimate of drug-likeness (QED) is 0.840. The molecule has 1 unspecified atom stereocenters. The highest BCUT2D eigenvalue weighted by molar-refractivity contribution is 5.48. The summed E-state index contributed by atoms with van der Waals surface area (Å²) < 4.78 is 5.64. The summed E-state index contributed by atoms with van der Waals surface area (Å²) in [5.41, 5.74) is 3.24. The summed E-state index contributed by atoms with van der Waals surface area (Å²) in [4.78, 5) is 9.11. The number of fused-ring (bicyclic) bond motifs is 1. The fraction of sp³-hybridized carbons (Fsp3) is 0.500. The van der Waals surface area contributed by atoms with Crippen LogP contribution in [-0.4, -0.2) is 27.7 Å². The van der Waals surface area contributed by atoms with Gasteiger partial charge in [0.15, 0.2) is 0 Å². The average Bonchev–Trinajstić information content (AvgIpc) is 2.59.